The molecule has 3 aromatic rings. The first-order valence-electron chi connectivity index (χ1n) is 12.1. The SMILES string of the molecule is CCC(C(=O)Nc1ccccc1C)[N+]1(Cc2ccccc2F)CCCCC1c1ccccc1. The summed E-state index contributed by atoms with van der Waals surface area (Å²) in [7, 11) is 0. The molecule has 0 bridgehead atoms. The highest BCUT2D eigenvalue weighted by Crippen LogP contribution is 2.43. The number of carbonyl (C=O) groups excluding carboxylic acids is 1. The molecule has 1 heterocycles. The Balaban J connectivity index is 1.78. The van der Waals surface area contributed by atoms with Gasteiger partial charge in [0.15, 0.2) is 6.04 Å². The Morgan fingerprint density at radius 2 is 1.70 bits per heavy atom. The van der Waals surface area contributed by atoms with Gasteiger partial charge >= 0.3 is 0 Å². The molecule has 4 rings (SSSR count). The number of hydrogen-bond acceptors (Lipinski definition) is 1. The van der Waals surface area contributed by atoms with E-state index >= 15 is 0 Å². The minimum absolute atomic E-state index is 0.0194. The quantitative estimate of drug-likeness (QED) is 0.398. The Bertz CT molecular complexity index is 1080. The van der Waals surface area contributed by atoms with Gasteiger partial charge in [0.1, 0.15) is 18.4 Å². The van der Waals surface area contributed by atoms with Gasteiger partial charge < -0.3 is 9.80 Å². The van der Waals surface area contributed by atoms with Gasteiger partial charge in [0.05, 0.1) is 6.54 Å². The van der Waals surface area contributed by atoms with Crippen LogP contribution in [0.4, 0.5) is 10.1 Å². The predicted octanol–water partition coefficient (Wildman–Crippen LogP) is 6.79. The van der Waals surface area contributed by atoms with Crippen LogP contribution in [0.5, 0.6) is 0 Å². The van der Waals surface area contributed by atoms with Gasteiger partial charge in [0, 0.05) is 29.7 Å². The van der Waals surface area contributed by atoms with Gasteiger partial charge in [0.2, 0.25) is 0 Å². The van der Waals surface area contributed by atoms with Crippen LogP contribution in [0.3, 0.4) is 0 Å². The van der Waals surface area contributed by atoms with E-state index in [9.17, 15) is 9.18 Å². The third-order valence-electron chi connectivity index (χ3n) is 7.24. The number of halogens is 1. The first-order chi connectivity index (χ1) is 16.0. The number of amides is 1. The van der Waals surface area contributed by atoms with Gasteiger partial charge in [-0.25, -0.2) is 4.39 Å². The van der Waals surface area contributed by atoms with Crippen molar-refractivity contribution in [3.63, 3.8) is 0 Å². The standard InChI is InChI=1S/C29H33FN2O/c1-3-27(29(33)31-26-18-10-7-13-22(26)2)32(21-24-16-8-9-17-25(24)30)20-12-11-19-28(32)23-14-5-4-6-15-23/h4-10,13-18,27-28H,3,11-12,19-21H2,1-2H3/p+1. The number of nitrogens with one attached hydrogen (secondary N) is 1. The summed E-state index contributed by atoms with van der Waals surface area (Å²) in [6.07, 6.45) is 3.83. The lowest BCUT2D eigenvalue weighted by molar-refractivity contribution is -0.987. The van der Waals surface area contributed by atoms with E-state index in [2.05, 4.69) is 36.5 Å². The third kappa shape index (κ3) is 4.86. The number of quaternary nitrogens is 1. The molecule has 1 aliphatic heterocycles. The molecule has 0 aromatic heterocycles. The molecule has 3 nitrogen and oxygen atoms in total. The highest BCUT2D eigenvalue weighted by atomic mass is 19.1. The third-order valence-corrected chi connectivity index (χ3v) is 7.24. The fourth-order valence-corrected chi connectivity index (χ4v) is 5.62. The number of hydrogen-bond donors (Lipinski definition) is 1. The number of rotatable bonds is 7. The molecule has 33 heavy (non-hydrogen) atoms. The second kappa shape index (κ2) is 10.3. The molecule has 1 amide bonds. The normalized spacial score (nSPS) is 21.4. The molecule has 3 aromatic carbocycles. The Kier molecular flexibility index (Phi) is 7.24. The van der Waals surface area contributed by atoms with Crippen LogP contribution in [-0.2, 0) is 11.3 Å². The Labute approximate surface area is 196 Å². The van der Waals surface area contributed by atoms with E-state index in [4.69, 9.17) is 0 Å². The highest BCUT2D eigenvalue weighted by molar-refractivity contribution is 5.94. The average Bonchev–Trinajstić information content (AvgIpc) is 2.83. The van der Waals surface area contributed by atoms with E-state index in [0.29, 0.717) is 23.0 Å². The fourth-order valence-electron chi connectivity index (χ4n) is 5.62. The number of para-hydroxylation sites is 1. The molecule has 1 saturated heterocycles. The topological polar surface area (TPSA) is 29.1 Å². The van der Waals surface area contributed by atoms with Crippen LogP contribution >= 0.6 is 0 Å². The monoisotopic (exact) mass is 445 g/mol. The van der Waals surface area contributed by atoms with Crippen molar-refractivity contribution >= 4 is 11.6 Å². The van der Waals surface area contributed by atoms with Gasteiger partial charge in [-0.05, 0) is 37.5 Å². The van der Waals surface area contributed by atoms with Gasteiger partial charge in [-0.15, -0.1) is 0 Å². The van der Waals surface area contributed by atoms with Crippen LogP contribution in [-0.4, -0.2) is 23.0 Å². The zero-order chi connectivity index (χ0) is 23.3. The predicted molar refractivity (Wildman–Crippen MR) is 132 cm³/mol. The minimum Gasteiger partial charge on any atom is -0.321 e. The molecule has 0 saturated carbocycles. The maximum Gasteiger partial charge on any atom is 0.282 e. The van der Waals surface area contributed by atoms with Gasteiger partial charge in [-0.2, -0.15) is 0 Å². The minimum atomic E-state index is -0.283. The number of piperidine rings is 1. The molecule has 3 atom stereocenters. The van der Waals surface area contributed by atoms with E-state index < -0.39 is 0 Å². The lowest BCUT2D eigenvalue weighted by Crippen LogP contribution is -2.62. The summed E-state index contributed by atoms with van der Waals surface area (Å²) < 4.78 is 15.5. The van der Waals surface area contributed by atoms with Crippen LogP contribution in [0.1, 0.15) is 55.3 Å². The van der Waals surface area contributed by atoms with E-state index in [1.807, 2.05) is 49.4 Å². The second-order valence-electron chi connectivity index (χ2n) is 9.23. The Morgan fingerprint density at radius 1 is 1.00 bits per heavy atom. The lowest BCUT2D eigenvalue weighted by atomic mass is 9.87. The van der Waals surface area contributed by atoms with E-state index in [-0.39, 0.29) is 23.8 Å². The van der Waals surface area contributed by atoms with Crippen LogP contribution in [0.15, 0.2) is 78.9 Å². The summed E-state index contributed by atoms with van der Waals surface area (Å²) in [4.78, 5) is 13.8. The van der Waals surface area contributed by atoms with Crippen molar-refractivity contribution in [1.29, 1.82) is 0 Å². The van der Waals surface area contributed by atoms with Crippen molar-refractivity contribution in [1.82, 2.24) is 0 Å². The van der Waals surface area contributed by atoms with Crippen molar-refractivity contribution in [2.45, 2.75) is 58.2 Å². The van der Waals surface area contributed by atoms with Crippen LogP contribution in [0.2, 0.25) is 0 Å². The molecular weight excluding hydrogens is 411 g/mol. The average molecular weight is 446 g/mol. The summed E-state index contributed by atoms with van der Waals surface area (Å²) in [5.74, 6) is -0.174. The Morgan fingerprint density at radius 3 is 2.42 bits per heavy atom. The van der Waals surface area contributed by atoms with E-state index in [1.54, 1.807) is 6.07 Å². The first kappa shape index (κ1) is 23.2. The van der Waals surface area contributed by atoms with Gasteiger partial charge in [0.25, 0.3) is 5.91 Å². The van der Waals surface area contributed by atoms with Crippen LogP contribution in [0, 0.1) is 12.7 Å². The summed E-state index contributed by atoms with van der Waals surface area (Å²) in [5.41, 5.74) is 3.80. The molecule has 1 fully saturated rings. The molecule has 4 heteroatoms. The fraction of sp³-hybridized carbons (Fsp3) is 0.345. The highest BCUT2D eigenvalue weighted by Gasteiger charge is 2.49. The van der Waals surface area contributed by atoms with E-state index in [0.717, 1.165) is 37.1 Å². The van der Waals surface area contributed by atoms with Crippen molar-refractivity contribution in [2.24, 2.45) is 0 Å². The van der Waals surface area contributed by atoms with Gasteiger partial charge in [-0.3, -0.25) is 4.79 Å². The second-order valence-corrected chi connectivity index (χ2v) is 9.23. The number of nitrogens with zero attached hydrogens (tertiary/aromatic N) is 1. The lowest BCUT2D eigenvalue weighted by Gasteiger charge is -2.52. The molecule has 1 aliphatic rings. The Hall–Kier alpha value is -2.98. The molecule has 172 valence electrons. The summed E-state index contributed by atoms with van der Waals surface area (Å²) in [6.45, 7) is 5.45. The summed E-state index contributed by atoms with van der Waals surface area (Å²) in [5, 5.41) is 3.21. The first-order valence-corrected chi connectivity index (χ1v) is 12.1. The number of likely N-dealkylation sites (tertiary alicyclic amines) is 1. The molecule has 0 aliphatic carbocycles. The van der Waals surface area contributed by atoms with Crippen LogP contribution < -0.4 is 5.32 Å². The molecule has 0 spiro atoms. The summed E-state index contributed by atoms with van der Waals surface area (Å²) >= 11 is 0. The smallest absolute Gasteiger partial charge is 0.282 e. The van der Waals surface area contributed by atoms with Crippen molar-refractivity contribution < 1.29 is 13.7 Å². The number of carbonyl (C=O) groups is 1. The number of benzene rings is 3. The van der Waals surface area contributed by atoms with Crippen molar-refractivity contribution in [3.8, 4) is 0 Å². The van der Waals surface area contributed by atoms with Crippen molar-refractivity contribution in [2.75, 3.05) is 11.9 Å². The largest absolute Gasteiger partial charge is 0.321 e. The number of anilines is 1. The van der Waals surface area contributed by atoms with E-state index in [1.165, 1.54) is 11.6 Å². The summed E-state index contributed by atoms with van der Waals surface area (Å²) in [6, 6.07) is 25.3. The molecule has 3 unspecified atom stereocenters. The van der Waals surface area contributed by atoms with Crippen LogP contribution in [0.25, 0.3) is 0 Å². The molecule has 1 N–H and O–H groups in total. The zero-order valence-corrected chi connectivity index (χ0v) is 19.6. The zero-order valence-electron chi connectivity index (χ0n) is 19.6. The van der Waals surface area contributed by atoms with Gasteiger partial charge in [-0.1, -0.05) is 73.7 Å². The van der Waals surface area contributed by atoms with Crippen molar-refractivity contribution in [3.05, 3.63) is 101 Å². The molecular formula is C29H34FN2O+. The maximum atomic E-state index is 14.9. The molecule has 0 radical (unpaired) electrons. The number of aryl methyl sites for hydroxylation is 1. The maximum absolute atomic E-state index is 14.9.